The van der Waals surface area contributed by atoms with E-state index in [0.717, 1.165) is 0 Å². The maximum atomic E-state index is 7.94. The Morgan fingerprint density at radius 2 is 2.57 bits per heavy atom. The van der Waals surface area contributed by atoms with E-state index in [-0.39, 0.29) is 0 Å². The molecule has 0 aromatic rings. The van der Waals surface area contributed by atoms with Crippen LogP contribution >= 0.6 is 12.2 Å². The van der Waals surface area contributed by atoms with Crippen molar-refractivity contribution in [2.24, 2.45) is 0 Å². The third-order valence-electron chi connectivity index (χ3n) is 0.416. The van der Waals surface area contributed by atoms with Gasteiger partial charge >= 0.3 is 0 Å². The zero-order chi connectivity index (χ0) is 5.70. The van der Waals surface area contributed by atoms with Gasteiger partial charge in [0.1, 0.15) is 6.54 Å². The van der Waals surface area contributed by atoms with Crippen molar-refractivity contribution < 1.29 is 0 Å². The molecule has 0 aromatic carbocycles. The molecule has 0 fully saturated rings. The largest absolute Gasteiger partial charge is 0.367 e. The zero-order valence-corrected chi connectivity index (χ0v) is 4.88. The van der Waals surface area contributed by atoms with Gasteiger partial charge in [0, 0.05) is 0 Å². The van der Waals surface area contributed by atoms with Gasteiger partial charge in [-0.1, -0.05) is 12.2 Å². The topological polar surface area (TPSA) is 35.8 Å². The van der Waals surface area contributed by atoms with Crippen LogP contribution in [0.1, 0.15) is 6.92 Å². The predicted octanol–water partition coefficient (Wildman–Crippen LogP) is 0.447. The van der Waals surface area contributed by atoms with Gasteiger partial charge in [-0.15, -0.1) is 0 Å². The standard InChI is InChI=1S/C4H6N2S/c1-4(7)6-3-2-5/h3H2,1H3,(H,6,7). The SMILES string of the molecule is CC(=S)NCC#N. The van der Waals surface area contributed by atoms with E-state index in [1.54, 1.807) is 6.92 Å². The molecule has 7 heavy (non-hydrogen) atoms. The Hall–Kier alpha value is -0.620. The lowest BCUT2D eigenvalue weighted by Gasteiger charge is -1.90. The number of hydrogen-bond acceptors (Lipinski definition) is 2. The Bertz CT molecular complexity index is 103. The van der Waals surface area contributed by atoms with Crippen molar-refractivity contribution in [2.75, 3.05) is 6.54 Å². The van der Waals surface area contributed by atoms with Gasteiger partial charge in [0.2, 0.25) is 0 Å². The second-order valence-electron chi connectivity index (χ2n) is 1.07. The van der Waals surface area contributed by atoms with Gasteiger partial charge < -0.3 is 5.32 Å². The molecule has 1 N–H and O–H groups in total. The first-order valence-corrected chi connectivity index (χ1v) is 2.29. The van der Waals surface area contributed by atoms with Crippen LogP contribution in [0.25, 0.3) is 0 Å². The number of nitriles is 1. The highest BCUT2D eigenvalue weighted by Gasteiger charge is 1.78. The molecule has 2 nitrogen and oxygen atoms in total. The minimum atomic E-state index is 0.315. The van der Waals surface area contributed by atoms with Crippen molar-refractivity contribution in [3.63, 3.8) is 0 Å². The van der Waals surface area contributed by atoms with E-state index < -0.39 is 0 Å². The highest BCUT2D eigenvalue weighted by molar-refractivity contribution is 7.80. The van der Waals surface area contributed by atoms with Crippen LogP contribution in [0.5, 0.6) is 0 Å². The lowest BCUT2D eigenvalue weighted by Crippen LogP contribution is -2.17. The van der Waals surface area contributed by atoms with E-state index in [4.69, 9.17) is 5.26 Å². The number of rotatable bonds is 1. The number of thiocarbonyl (C=S) groups is 1. The summed E-state index contributed by atoms with van der Waals surface area (Å²) in [5.41, 5.74) is 0. The second kappa shape index (κ2) is 3.57. The summed E-state index contributed by atoms with van der Waals surface area (Å²) in [5.74, 6) is 0. The smallest absolute Gasteiger partial charge is 0.103 e. The van der Waals surface area contributed by atoms with Crippen LogP contribution in [-0.2, 0) is 0 Å². The highest BCUT2D eigenvalue weighted by atomic mass is 32.1. The van der Waals surface area contributed by atoms with Crippen molar-refractivity contribution in [1.29, 1.82) is 5.26 Å². The lowest BCUT2D eigenvalue weighted by molar-refractivity contribution is 1.06. The fourth-order valence-electron chi connectivity index (χ4n) is 0.164. The molecule has 0 aliphatic rings. The first-order chi connectivity index (χ1) is 3.27. The first kappa shape index (κ1) is 6.38. The molecule has 0 radical (unpaired) electrons. The molecule has 0 heterocycles. The summed E-state index contributed by atoms with van der Waals surface area (Å²) in [7, 11) is 0. The average Bonchev–Trinajstić information content (AvgIpc) is 1.61. The fourth-order valence-corrected chi connectivity index (χ4v) is 0.236. The van der Waals surface area contributed by atoms with E-state index in [1.165, 1.54) is 0 Å². The van der Waals surface area contributed by atoms with Crippen LogP contribution in [0, 0.1) is 11.3 Å². The van der Waals surface area contributed by atoms with Crippen LogP contribution in [-0.4, -0.2) is 11.5 Å². The summed E-state index contributed by atoms with van der Waals surface area (Å²) < 4.78 is 0. The molecule has 0 aromatic heterocycles. The normalized spacial score (nSPS) is 6.86. The lowest BCUT2D eigenvalue weighted by atomic mass is 10.6. The molecule has 3 heteroatoms. The summed E-state index contributed by atoms with van der Waals surface area (Å²) in [6.45, 7) is 2.06. The predicted molar refractivity (Wildman–Crippen MR) is 31.9 cm³/mol. The number of nitrogens with zero attached hydrogens (tertiary/aromatic N) is 1. The summed E-state index contributed by atoms with van der Waals surface area (Å²) in [6, 6.07) is 1.90. The van der Waals surface area contributed by atoms with E-state index in [0.29, 0.717) is 11.5 Å². The molecule has 0 bridgehead atoms. The maximum Gasteiger partial charge on any atom is 0.103 e. The van der Waals surface area contributed by atoms with E-state index in [2.05, 4.69) is 17.5 Å². The minimum Gasteiger partial charge on any atom is -0.367 e. The molecule has 0 saturated carbocycles. The fraction of sp³-hybridized carbons (Fsp3) is 0.500. The Labute approximate surface area is 48.1 Å². The maximum absolute atomic E-state index is 7.94. The van der Waals surface area contributed by atoms with Crippen LogP contribution in [0.15, 0.2) is 0 Å². The molecular weight excluding hydrogens is 108 g/mol. The average molecular weight is 114 g/mol. The first-order valence-electron chi connectivity index (χ1n) is 1.88. The van der Waals surface area contributed by atoms with Crippen molar-refractivity contribution in [3.8, 4) is 6.07 Å². The Morgan fingerprint density at radius 3 is 2.71 bits per heavy atom. The summed E-state index contributed by atoms with van der Waals surface area (Å²) in [5, 5.41) is 10.6. The molecule has 0 aliphatic heterocycles. The zero-order valence-electron chi connectivity index (χ0n) is 4.06. The second-order valence-corrected chi connectivity index (χ2v) is 1.68. The quantitative estimate of drug-likeness (QED) is 0.397. The molecule has 0 aliphatic carbocycles. The third-order valence-corrected chi connectivity index (χ3v) is 0.561. The van der Waals surface area contributed by atoms with Crippen LogP contribution < -0.4 is 5.32 Å². The number of nitrogens with one attached hydrogen (secondary N) is 1. The Balaban J connectivity index is 3.02. The molecule has 0 saturated heterocycles. The third kappa shape index (κ3) is 5.38. The van der Waals surface area contributed by atoms with Crippen molar-refractivity contribution >= 4 is 17.2 Å². The summed E-state index contributed by atoms with van der Waals surface area (Å²) in [4.78, 5) is 0.668. The van der Waals surface area contributed by atoms with Gasteiger partial charge in [-0.2, -0.15) is 5.26 Å². The van der Waals surface area contributed by atoms with Gasteiger partial charge in [0.15, 0.2) is 0 Å². The summed E-state index contributed by atoms with van der Waals surface area (Å²) >= 11 is 4.60. The van der Waals surface area contributed by atoms with Crippen LogP contribution in [0.3, 0.4) is 0 Å². The van der Waals surface area contributed by atoms with Gasteiger partial charge in [0.05, 0.1) is 11.1 Å². The molecule has 0 unspecified atom stereocenters. The van der Waals surface area contributed by atoms with Gasteiger partial charge in [-0.05, 0) is 6.92 Å². The Kier molecular flexibility index (Phi) is 3.25. The highest BCUT2D eigenvalue weighted by Crippen LogP contribution is 1.62. The monoisotopic (exact) mass is 114 g/mol. The van der Waals surface area contributed by atoms with Crippen LogP contribution in [0.4, 0.5) is 0 Å². The molecular formula is C4H6N2S. The van der Waals surface area contributed by atoms with E-state index in [1.807, 2.05) is 6.07 Å². The molecule has 0 spiro atoms. The molecule has 0 rings (SSSR count). The van der Waals surface area contributed by atoms with Gasteiger partial charge in [0.25, 0.3) is 0 Å². The van der Waals surface area contributed by atoms with Crippen LogP contribution in [0.2, 0.25) is 0 Å². The van der Waals surface area contributed by atoms with Crippen molar-refractivity contribution in [2.45, 2.75) is 6.92 Å². The summed E-state index contributed by atoms with van der Waals surface area (Å²) in [6.07, 6.45) is 0. The molecule has 38 valence electrons. The minimum absolute atomic E-state index is 0.315. The molecule has 0 atom stereocenters. The molecule has 0 amide bonds. The van der Waals surface area contributed by atoms with E-state index in [9.17, 15) is 0 Å². The van der Waals surface area contributed by atoms with Crippen molar-refractivity contribution in [3.05, 3.63) is 0 Å². The van der Waals surface area contributed by atoms with Gasteiger partial charge in [-0.3, -0.25) is 0 Å². The van der Waals surface area contributed by atoms with E-state index >= 15 is 0 Å². The number of hydrogen-bond donors (Lipinski definition) is 1. The van der Waals surface area contributed by atoms with Gasteiger partial charge in [-0.25, -0.2) is 0 Å². The van der Waals surface area contributed by atoms with Crippen molar-refractivity contribution in [1.82, 2.24) is 5.32 Å². The Morgan fingerprint density at radius 1 is 2.00 bits per heavy atom.